The number of benzene rings is 3. The van der Waals surface area contributed by atoms with Crippen molar-refractivity contribution in [1.82, 2.24) is 0 Å². The van der Waals surface area contributed by atoms with Gasteiger partial charge in [-0.25, -0.2) is 0 Å². The number of aliphatic imine (C=N–C) groups is 1. The minimum atomic E-state index is -0.734. The van der Waals surface area contributed by atoms with Crippen LogP contribution in [0.25, 0.3) is 0 Å². The topological polar surface area (TPSA) is 117 Å². The second-order valence-electron chi connectivity index (χ2n) is 7.08. The van der Waals surface area contributed by atoms with Gasteiger partial charge in [-0.15, -0.1) is 0 Å². The van der Waals surface area contributed by atoms with E-state index in [4.69, 9.17) is 9.47 Å². The maximum atomic E-state index is 11.5. The lowest BCUT2D eigenvalue weighted by atomic mass is 10.1. The van der Waals surface area contributed by atoms with Gasteiger partial charge in [0.05, 0.1) is 32.7 Å². The van der Waals surface area contributed by atoms with Crippen LogP contribution in [0.2, 0.25) is 0 Å². The van der Waals surface area contributed by atoms with E-state index < -0.39 is 21.2 Å². The summed E-state index contributed by atoms with van der Waals surface area (Å²) >= 11 is 3.43. The van der Waals surface area contributed by atoms with Crippen molar-refractivity contribution in [2.24, 2.45) is 4.99 Å². The van der Waals surface area contributed by atoms with E-state index >= 15 is 0 Å². The number of non-ortho nitro benzene ring substituents is 1. The highest BCUT2D eigenvalue weighted by molar-refractivity contribution is 9.10. The van der Waals surface area contributed by atoms with E-state index in [1.165, 1.54) is 6.07 Å². The zero-order chi connectivity index (χ0) is 24.1. The van der Waals surface area contributed by atoms with Crippen LogP contribution in [-0.4, -0.2) is 22.7 Å². The van der Waals surface area contributed by atoms with E-state index in [1.807, 2.05) is 32.0 Å². The van der Waals surface area contributed by atoms with Gasteiger partial charge in [-0.1, -0.05) is 12.1 Å². The van der Waals surface area contributed by atoms with E-state index in [2.05, 4.69) is 20.9 Å². The Morgan fingerprint density at radius 3 is 2.42 bits per heavy atom. The predicted octanol–water partition coefficient (Wildman–Crippen LogP) is 6.82. The zero-order valence-electron chi connectivity index (χ0n) is 18.1. The largest absolute Gasteiger partial charge is 0.490 e. The van der Waals surface area contributed by atoms with Gasteiger partial charge in [-0.2, -0.15) is 0 Å². The summed E-state index contributed by atoms with van der Waals surface area (Å²) in [6.07, 6.45) is 1.69. The number of rotatable bonds is 8. The van der Waals surface area contributed by atoms with Crippen molar-refractivity contribution in [2.45, 2.75) is 20.8 Å². The maximum absolute atomic E-state index is 11.5. The Morgan fingerprint density at radius 2 is 1.76 bits per heavy atom. The van der Waals surface area contributed by atoms with Crippen LogP contribution in [-0.2, 0) is 0 Å². The maximum Gasteiger partial charge on any atom is 0.318 e. The average molecular weight is 514 g/mol. The van der Waals surface area contributed by atoms with Gasteiger partial charge in [0.25, 0.3) is 5.69 Å². The van der Waals surface area contributed by atoms with Gasteiger partial charge < -0.3 is 9.47 Å². The third kappa shape index (κ3) is 5.72. The molecule has 3 aromatic rings. The molecule has 0 heterocycles. The first kappa shape index (κ1) is 23.9. The Bertz CT molecular complexity index is 1260. The van der Waals surface area contributed by atoms with Gasteiger partial charge in [0, 0.05) is 12.3 Å². The Morgan fingerprint density at radius 1 is 1.00 bits per heavy atom. The van der Waals surface area contributed by atoms with Gasteiger partial charge in [0.2, 0.25) is 5.75 Å². The fourth-order valence-corrected chi connectivity index (χ4v) is 3.53. The minimum absolute atomic E-state index is 0.149. The summed E-state index contributed by atoms with van der Waals surface area (Å²) in [5.74, 6) is 0.392. The molecule has 10 heteroatoms. The third-order valence-corrected chi connectivity index (χ3v) is 5.20. The molecule has 0 aliphatic rings. The van der Waals surface area contributed by atoms with E-state index in [0.717, 1.165) is 34.5 Å². The molecule has 170 valence electrons. The van der Waals surface area contributed by atoms with Crippen LogP contribution in [0, 0.1) is 34.1 Å². The number of ether oxygens (including phenoxy) is 2. The molecule has 0 unspecified atom stereocenters. The van der Waals surface area contributed by atoms with Crippen LogP contribution >= 0.6 is 15.9 Å². The number of hydrogen-bond acceptors (Lipinski definition) is 7. The van der Waals surface area contributed by atoms with Crippen LogP contribution in [0.3, 0.4) is 0 Å². The molecule has 0 aliphatic carbocycles. The molecule has 33 heavy (non-hydrogen) atoms. The molecule has 0 N–H and O–H groups in total. The third-order valence-electron chi connectivity index (χ3n) is 4.61. The molecular formula is C23H20BrN3O6. The summed E-state index contributed by atoms with van der Waals surface area (Å²) in [7, 11) is 0. The highest BCUT2D eigenvalue weighted by atomic mass is 79.9. The van der Waals surface area contributed by atoms with E-state index in [0.29, 0.717) is 16.8 Å². The molecule has 0 saturated carbocycles. The number of hydrogen-bond donors (Lipinski definition) is 0. The van der Waals surface area contributed by atoms with Crippen LogP contribution in [0.5, 0.6) is 17.2 Å². The SMILES string of the molecule is CCOc1cc(C=Nc2cc(C)ccc2C)cc(Br)c1Oc1ccc([N+](=O)[O-])cc1[N+](=O)[O-]. The standard InChI is InChI=1S/C23H20BrN3O6/c1-4-32-22-11-16(13-25-19-9-14(2)5-6-15(19)3)10-18(24)23(22)33-21-8-7-17(26(28)29)12-20(21)27(30)31/h5-13H,4H2,1-3H3. The van der Waals surface area contributed by atoms with Crippen molar-refractivity contribution in [2.75, 3.05) is 6.61 Å². The van der Waals surface area contributed by atoms with Crippen molar-refractivity contribution in [3.05, 3.63) is 89.9 Å². The first-order valence-electron chi connectivity index (χ1n) is 9.88. The molecule has 0 radical (unpaired) electrons. The Balaban J connectivity index is 2.00. The van der Waals surface area contributed by atoms with Gasteiger partial charge in [0.1, 0.15) is 0 Å². The molecule has 3 aromatic carbocycles. The molecule has 3 rings (SSSR count). The number of aryl methyl sites for hydroxylation is 2. The lowest BCUT2D eigenvalue weighted by molar-refractivity contribution is -0.394. The van der Waals surface area contributed by atoms with Crippen LogP contribution < -0.4 is 9.47 Å². The van der Waals surface area contributed by atoms with E-state index in [-0.39, 0.29) is 11.5 Å². The van der Waals surface area contributed by atoms with Crippen LogP contribution in [0.4, 0.5) is 17.1 Å². The summed E-state index contributed by atoms with van der Waals surface area (Å²) in [6.45, 7) is 6.08. The van der Waals surface area contributed by atoms with Crippen molar-refractivity contribution in [3.63, 3.8) is 0 Å². The average Bonchev–Trinajstić information content (AvgIpc) is 2.76. The number of nitro benzene ring substituents is 2. The lowest BCUT2D eigenvalue weighted by Crippen LogP contribution is -2.00. The van der Waals surface area contributed by atoms with Gasteiger partial charge in [-0.05, 0) is 77.7 Å². The number of nitro groups is 2. The fourth-order valence-electron chi connectivity index (χ4n) is 2.99. The van der Waals surface area contributed by atoms with Gasteiger partial charge in [0.15, 0.2) is 11.5 Å². The number of nitrogens with zero attached hydrogens (tertiary/aromatic N) is 3. The molecule has 0 aliphatic heterocycles. The molecule has 0 spiro atoms. The first-order valence-corrected chi connectivity index (χ1v) is 10.7. The molecular weight excluding hydrogens is 494 g/mol. The van der Waals surface area contributed by atoms with Crippen LogP contribution in [0.15, 0.2) is 58.0 Å². The summed E-state index contributed by atoms with van der Waals surface area (Å²) in [5, 5.41) is 22.4. The highest BCUT2D eigenvalue weighted by Crippen LogP contribution is 2.43. The Hall–Kier alpha value is -3.79. The molecule has 0 saturated heterocycles. The molecule has 0 amide bonds. The molecule has 0 atom stereocenters. The van der Waals surface area contributed by atoms with Crippen molar-refractivity contribution >= 4 is 39.2 Å². The van der Waals surface area contributed by atoms with Crippen molar-refractivity contribution in [1.29, 1.82) is 0 Å². The van der Waals surface area contributed by atoms with Crippen molar-refractivity contribution < 1.29 is 19.3 Å². The minimum Gasteiger partial charge on any atom is -0.490 e. The predicted molar refractivity (Wildman–Crippen MR) is 128 cm³/mol. The quantitative estimate of drug-likeness (QED) is 0.185. The summed E-state index contributed by atoms with van der Waals surface area (Å²) < 4.78 is 12.0. The van der Waals surface area contributed by atoms with Gasteiger partial charge in [-0.3, -0.25) is 25.2 Å². The van der Waals surface area contributed by atoms with Gasteiger partial charge >= 0.3 is 5.69 Å². The van der Waals surface area contributed by atoms with Crippen LogP contribution in [0.1, 0.15) is 23.6 Å². The zero-order valence-corrected chi connectivity index (χ0v) is 19.7. The number of halogens is 1. The first-order chi connectivity index (χ1) is 15.7. The lowest BCUT2D eigenvalue weighted by Gasteiger charge is -2.14. The summed E-state index contributed by atoms with van der Waals surface area (Å²) in [4.78, 5) is 25.6. The fraction of sp³-hybridized carbons (Fsp3) is 0.174. The second kappa shape index (κ2) is 10.2. The van der Waals surface area contributed by atoms with E-state index in [1.54, 1.807) is 25.3 Å². The van der Waals surface area contributed by atoms with Crippen molar-refractivity contribution in [3.8, 4) is 17.2 Å². The monoisotopic (exact) mass is 513 g/mol. The van der Waals surface area contributed by atoms with E-state index in [9.17, 15) is 20.2 Å². The molecule has 0 aromatic heterocycles. The Kier molecular flexibility index (Phi) is 7.39. The molecule has 9 nitrogen and oxygen atoms in total. The second-order valence-corrected chi connectivity index (χ2v) is 7.93. The normalized spacial score (nSPS) is 10.9. The highest BCUT2D eigenvalue weighted by Gasteiger charge is 2.23. The molecule has 0 fully saturated rings. The Labute approximate surface area is 198 Å². The smallest absolute Gasteiger partial charge is 0.318 e. The molecule has 0 bridgehead atoms. The summed E-state index contributed by atoms with van der Waals surface area (Å²) in [5.41, 5.74) is 2.75. The summed E-state index contributed by atoms with van der Waals surface area (Å²) in [6, 6.07) is 12.6.